The quantitative estimate of drug-likeness (QED) is 0.200. The maximum absolute atomic E-state index is 12.3. The first-order valence-corrected chi connectivity index (χ1v) is 10.4. The SMILES string of the molecule is CSc1nc(Nc2cccc(OC(=O)c3ccncc3)c2)cc(-c2ccccc2)n1. The van der Waals surface area contributed by atoms with Crippen LogP contribution in [0.3, 0.4) is 0 Å². The lowest BCUT2D eigenvalue weighted by molar-refractivity contribution is 0.0735. The molecule has 0 atom stereocenters. The highest BCUT2D eigenvalue weighted by molar-refractivity contribution is 7.98. The molecular formula is C23H18N4O2S. The molecule has 0 aliphatic rings. The molecule has 0 unspecified atom stereocenters. The molecule has 0 aliphatic carbocycles. The molecule has 30 heavy (non-hydrogen) atoms. The summed E-state index contributed by atoms with van der Waals surface area (Å²) in [5.41, 5.74) is 3.03. The molecule has 0 aliphatic heterocycles. The average Bonchev–Trinajstić information content (AvgIpc) is 2.80. The first kappa shape index (κ1) is 19.6. The van der Waals surface area contributed by atoms with Gasteiger partial charge in [-0.1, -0.05) is 48.2 Å². The number of esters is 1. The summed E-state index contributed by atoms with van der Waals surface area (Å²) in [6, 6.07) is 22.2. The van der Waals surface area contributed by atoms with Gasteiger partial charge in [0.05, 0.1) is 11.3 Å². The second-order valence-electron chi connectivity index (χ2n) is 6.27. The zero-order valence-corrected chi connectivity index (χ0v) is 17.0. The van der Waals surface area contributed by atoms with Crippen LogP contribution in [0.15, 0.2) is 90.3 Å². The predicted molar refractivity (Wildman–Crippen MR) is 118 cm³/mol. The number of thioether (sulfide) groups is 1. The summed E-state index contributed by atoms with van der Waals surface area (Å²) in [6.07, 6.45) is 5.04. The monoisotopic (exact) mass is 414 g/mol. The molecule has 6 nitrogen and oxygen atoms in total. The fourth-order valence-electron chi connectivity index (χ4n) is 2.78. The number of aromatic nitrogens is 3. The Bertz CT molecular complexity index is 1150. The van der Waals surface area contributed by atoms with Gasteiger partial charge < -0.3 is 10.1 Å². The van der Waals surface area contributed by atoms with Crippen molar-refractivity contribution < 1.29 is 9.53 Å². The number of hydrogen-bond acceptors (Lipinski definition) is 7. The molecule has 7 heteroatoms. The number of anilines is 2. The van der Waals surface area contributed by atoms with Crippen LogP contribution in [-0.2, 0) is 0 Å². The van der Waals surface area contributed by atoms with Crippen molar-refractivity contribution in [3.63, 3.8) is 0 Å². The standard InChI is InChI=1S/C23H18N4O2S/c1-30-23-26-20(16-6-3-2-4-7-16)15-21(27-23)25-18-8-5-9-19(14-18)29-22(28)17-10-12-24-13-11-17/h2-15H,1H3,(H,25,26,27). The normalized spacial score (nSPS) is 10.4. The summed E-state index contributed by atoms with van der Waals surface area (Å²) in [6.45, 7) is 0. The number of pyridine rings is 1. The van der Waals surface area contributed by atoms with Crippen LogP contribution in [-0.4, -0.2) is 27.2 Å². The Morgan fingerprint density at radius 1 is 0.933 bits per heavy atom. The Balaban J connectivity index is 1.56. The molecule has 0 saturated heterocycles. The van der Waals surface area contributed by atoms with Crippen LogP contribution < -0.4 is 10.1 Å². The summed E-state index contributed by atoms with van der Waals surface area (Å²) < 4.78 is 5.47. The van der Waals surface area contributed by atoms with E-state index in [1.165, 1.54) is 11.8 Å². The van der Waals surface area contributed by atoms with Gasteiger partial charge in [0.1, 0.15) is 11.6 Å². The molecule has 0 amide bonds. The lowest BCUT2D eigenvalue weighted by atomic mass is 10.1. The summed E-state index contributed by atoms with van der Waals surface area (Å²) >= 11 is 1.47. The number of ether oxygens (including phenoxy) is 1. The van der Waals surface area contributed by atoms with Crippen LogP contribution in [0, 0.1) is 0 Å². The van der Waals surface area contributed by atoms with Crippen molar-refractivity contribution in [1.82, 2.24) is 15.0 Å². The van der Waals surface area contributed by atoms with E-state index in [-0.39, 0.29) is 0 Å². The van der Waals surface area contributed by atoms with Crippen molar-refractivity contribution in [1.29, 1.82) is 0 Å². The highest BCUT2D eigenvalue weighted by atomic mass is 32.2. The van der Waals surface area contributed by atoms with Gasteiger partial charge in [0.2, 0.25) is 0 Å². The second kappa shape index (κ2) is 9.19. The molecule has 148 valence electrons. The van der Waals surface area contributed by atoms with E-state index in [4.69, 9.17) is 4.74 Å². The van der Waals surface area contributed by atoms with Crippen molar-refractivity contribution in [2.24, 2.45) is 0 Å². The highest BCUT2D eigenvalue weighted by Crippen LogP contribution is 2.26. The molecule has 0 fully saturated rings. The Hall–Kier alpha value is -3.71. The van der Waals surface area contributed by atoms with Crippen LogP contribution in [0.4, 0.5) is 11.5 Å². The van der Waals surface area contributed by atoms with Crippen molar-refractivity contribution in [3.05, 3.63) is 90.8 Å². The number of rotatable bonds is 6. The Morgan fingerprint density at radius 2 is 1.73 bits per heavy atom. The van der Waals surface area contributed by atoms with Gasteiger partial charge in [-0.3, -0.25) is 4.98 Å². The first-order chi connectivity index (χ1) is 14.7. The van der Waals surface area contributed by atoms with Crippen molar-refractivity contribution in [3.8, 4) is 17.0 Å². The minimum atomic E-state index is -0.437. The summed E-state index contributed by atoms with van der Waals surface area (Å²) in [5, 5.41) is 3.94. The van der Waals surface area contributed by atoms with Gasteiger partial charge in [0.25, 0.3) is 0 Å². The van der Waals surface area contributed by atoms with E-state index in [2.05, 4.69) is 20.3 Å². The third-order valence-electron chi connectivity index (χ3n) is 4.19. The van der Waals surface area contributed by atoms with E-state index in [1.807, 2.05) is 54.8 Å². The van der Waals surface area contributed by atoms with E-state index in [0.717, 1.165) is 16.9 Å². The highest BCUT2D eigenvalue weighted by Gasteiger charge is 2.10. The van der Waals surface area contributed by atoms with Gasteiger partial charge in [-0.2, -0.15) is 0 Å². The van der Waals surface area contributed by atoms with E-state index in [1.54, 1.807) is 36.7 Å². The van der Waals surface area contributed by atoms with E-state index in [9.17, 15) is 4.79 Å². The summed E-state index contributed by atoms with van der Waals surface area (Å²) in [7, 11) is 0. The Labute approximate surface area is 178 Å². The topological polar surface area (TPSA) is 77.0 Å². The third-order valence-corrected chi connectivity index (χ3v) is 4.74. The van der Waals surface area contributed by atoms with E-state index in [0.29, 0.717) is 22.3 Å². The fraction of sp³-hybridized carbons (Fsp3) is 0.0435. The number of nitrogens with zero attached hydrogens (tertiary/aromatic N) is 3. The number of nitrogens with one attached hydrogen (secondary N) is 1. The van der Waals surface area contributed by atoms with Crippen LogP contribution >= 0.6 is 11.8 Å². The van der Waals surface area contributed by atoms with Crippen molar-refractivity contribution in [2.45, 2.75) is 5.16 Å². The van der Waals surface area contributed by atoms with Gasteiger partial charge >= 0.3 is 5.97 Å². The van der Waals surface area contributed by atoms with Crippen LogP contribution in [0.25, 0.3) is 11.3 Å². The lowest BCUT2D eigenvalue weighted by Crippen LogP contribution is -2.08. The Morgan fingerprint density at radius 3 is 2.50 bits per heavy atom. The smallest absolute Gasteiger partial charge is 0.343 e. The molecule has 0 radical (unpaired) electrons. The minimum absolute atomic E-state index is 0.434. The largest absolute Gasteiger partial charge is 0.423 e. The van der Waals surface area contributed by atoms with Crippen LogP contribution in [0.2, 0.25) is 0 Å². The summed E-state index contributed by atoms with van der Waals surface area (Å²) in [4.78, 5) is 25.3. The van der Waals surface area contributed by atoms with Crippen molar-refractivity contribution >= 4 is 29.2 Å². The zero-order chi connectivity index (χ0) is 20.8. The van der Waals surface area contributed by atoms with Gasteiger partial charge in [0, 0.05) is 35.8 Å². The lowest BCUT2D eigenvalue weighted by Gasteiger charge is -2.11. The molecular weight excluding hydrogens is 396 g/mol. The van der Waals surface area contributed by atoms with Gasteiger partial charge in [-0.25, -0.2) is 14.8 Å². The number of carbonyl (C=O) groups excluding carboxylic acids is 1. The summed E-state index contributed by atoms with van der Waals surface area (Å²) in [5.74, 6) is 0.655. The number of carbonyl (C=O) groups is 1. The number of hydrogen-bond donors (Lipinski definition) is 1. The fourth-order valence-corrected chi connectivity index (χ4v) is 3.16. The molecule has 2 aromatic carbocycles. The maximum Gasteiger partial charge on any atom is 0.343 e. The molecule has 4 aromatic rings. The maximum atomic E-state index is 12.3. The van der Waals surface area contributed by atoms with Crippen LogP contribution in [0.5, 0.6) is 5.75 Å². The first-order valence-electron chi connectivity index (χ1n) is 9.19. The van der Waals surface area contributed by atoms with Crippen LogP contribution in [0.1, 0.15) is 10.4 Å². The molecule has 4 rings (SSSR count). The van der Waals surface area contributed by atoms with Gasteiger partial charge in [-0.05, 0) is 30.5 Å². The average molecular weight is 414 g/mol. The second-order valence-corrected chi connectivity index (χ2v) is 7.04. The molecule has 2 aromatic heterocycles. The van der Waals surface area contributed by atoms with Gasteiger partial charge in [0.15, 0.2) is 5.16 Å². The molecule has 1 N–H and O–H groups in total. The van der Waals surface area contributed by atoms with E-state index < -0.39 is 5.97 Å². The van der Waals surface area contributed by atoms with E-state index >= 15 is 0 Å². The minimum Gasteiger partial charge on any atom is -0.423 e. The Kier molecular flexibility index (Phi) is 6.01. The molecule has 0 bridgehead atoms. The molecule has 2 heterocycles. The molecule has 0 saturated carbocycles. The number of benzene rings is 2. The molecule has 0 spiro atoms. The van der Waals surface area contributed by atoms with Crippen molar-refractivity contribution in [2.75, 3.05) is 11.6 Å². The van der Waals surface area contributed by atoms with Gasteiger partial charge in [-0.15, -0.1) is 0 Å². The predicted octanol–water partition coefficient (Wildman–Crippen LogP) is 5.22. The zero-order valence-electron chi connectivity index (χ0n) is 16.1. The third kappa shape index (κ3) is 4.82.